The van der Waals surface area contributed by atoms with E-state index in [0.717, 1.165) is 23.4 Å². The molecule has 0 fully saturated rings. The topological polar surface area (TPSA) is 33.1 Å². The van der Waals surface area contributed by atoms with Gasteiger partial charge in [-0.2, -0.15) is 0 Å². The minimum atomic E-state index is 0.264. The predicted molar refractivity (Wildman–Crippen MR) is 59.8 cm³/mol. The van der Waals surface area contributed by atoms with Gasteiger partial charge < -0.3 is 5.11 Å². The Labute approximate surface area is 87.2 Å². The summed E-state index contributed by atoms with van der Waals surface area (Å²) in [6, 6.07) is 6.33. The molecule has 0 atom stereocenters. The summed E-state index contributed by atoms with van der Waals surface area (Å²) in [7, 11) is 0. The van der Waals surface area contributed by atoms with Gasteiger partial charge in [0.25, 0.3) is 0 Å². The van der Waals surface area contributed by atoms with Gasteiger partial charge in [-0.3, -0.25) is 0 Å². The smallest absolute Gasteiger partial charge is 0.0907 e. The van der Waals surface area contributed by atoms with E-state index in [-0.39, 0.29) is 6.61 Å². The minimum Gasteiger partial charge on any atom is -0.396 e. The molecule has 1 aromatic carbocycles. The van der Waals surface area contributed by atoms with Crippen LogP contribution in [0.5, 0.6) is 0 Å². The van der Waals surface area contributed by atoms with Crippen molar-refractivity contribution in [3.8, 4) is 0 Å². The Balaban J connectivity index is 2.31. The molecule has 0 bridgehead atoms. The van der Waals surface area contributed by atoms with Crippen molar-refractivity contribution in [3.05, 3.63) is 28.8 Å². The number of aromatic nitrogens is 1. The average molecular weight is 207 g/mol. The number of aryl methyl sites for hydroxylation is 2. The van der Waals surface area contributed by atoms with E-state index in [1.54, 1.807) is 11.3 Å². The molecule has 0 saturated heterocycles. The minimum absolute atomic E-state index is 0.264. The second kappa shape index (κ2) is 4.07. The van der Waals surface area contributed by atoms with Crippen molar-refractivity contribution in [2.75, 3.05) is 6.61 Å². The number of thiazole rings is 1. The van der Waals surface area contributed by atoms with Crippen LogP contribution in [0, 0.1) is 6.92 Å². The Kier molecular flexibility index (Phi) is 2.79. The third-order valence-corrected chi connectivity index (χ3v) is 3.12. The highest BCUT2D eigenvalue weighted by Crippen LogP contribution is 2.22. The summed E-state index contributed by atoms with van der Waals surface area (Å²) in [5, 5.41) is 9.85. The first-order valence-electron chi connectivity index (χ1n) is 4.76. The van der Waals surface area contributed by atoms with E-state index in [1.807, 2.05) is 6.92 Å². The summed E-state index contributed by atoms with van der Waals surface area (Å²) in [6.45, 7) is 2.29. The molecule has 0 radical (unpaired) electrons. The number of benzene rings is 1. The first kappa shape index (κ1) is 9.62. The van der Waals surface area contributed by atoms with Gasteiger partial charge in [0.15, 0.2) is 0 Å². The van der Waals surface area contributed by atoms with Crippen molar-refractivity contribution in [2.24, 2.45) is 0 Å². The molecule has 0 unspecified atom stereocenters. The second-order valence-electron chi connectivity index (χ2n) is 3.36. The van der Waals surface area contributed by atoms with Crippen LogP contribution in [0.2, 0.25) is 0 Å². The van der Waals surface area contributed by atoms with E-state index in [1.165, 1.54) is 10.3 Å². The monoisotopic (exact) mass is 207 g/mol. The Bertz CT molecular complexity index is 436. The fourth-order valence-corrected chi connectivity index (χ4v) is 2.41. The summed E-state index contributed by atoms with van der Waals surface area (Å²) in [5.74, 6) is 0. The number of nitrogens with zero attached hydrogens (tertiary/aromatic N) is 1. The standard InChI is InChI=1S/C11H13NOS/c1-8-12-10-5-4-9(3-2-6-13)7-11(10)14-8/h4-5,7,13H,2-3,6H2,1H3. The lowest BCUT2D eigenvalue weighted by Gasteiger charge is -1.98. The zero-order valence-corrected chi connectivity index (χ0v) is 8.97. The highest BCUT2D eigenvalue weighted by Gasteiger charge is 2.01. The van der Waals surface area contributed by atoms with Crippen LogP contribution in [0.15, 0.2) is 18.2 Å². The van der Waals surface area contributed by atoms with Crippen LogP contribution in [-0.4, -0.2) is 16.7 Å². The van der Waals surface area contributed by atoms with Crippen molar-refractivity contribution in [3.63, 3.8) is 0 Å². The van der Waals surface area contributed by atoms with Crippen molar-refractivity contribution < 1.29 is 5.11 Å². The molecule has 0 aliphatic rings. The summed E-state index contributed by atoms with van der Waals surface area (Å²) in [4.78, 5) is 4.40. The molecule has 0 aliphatic heterocycles. The van der Waals surface area contributed by atoms with E-state index in [9.17, 15) is 0 Å². The molecule has 1 heterocycles. The number of aliphatic hydroxyl groups excluding tert-OH is 1. The van der Waals surface area contributed by atoms with Gasteiger partial charge in [-0.1, -0.05) is 6.07 Å². The fourth-order valence-electron chi connectivity index (χ4n) is 1.52. The number of hydrogen-bond acceptors (Lipinski definition) is 3. The molecular formula is C11H13NOS. The Hall–Kier alpha value is -0.930. The molecule has 14 heavy (non-hydrogen) atoms. The third kappa shape index (κ3) is 1.94. The van der Waals surface area contributed by atoms with Gasteiger partial charge in [-0.05, 0) is 37.5 Å². The lowest BCUT2D eigenvalue weighted by Crippen LogP contribution is -1.88. The van der Waals surface area contributed by atoms with Crippen LogP contribution in [0.4, 0.5) is 0 Å². The van der Waals surface area contributed by atoms with Crippen molar-refractivity contribution in [2.45, 2.75) is 19.8 Å². The third-order valence-electron chi connectivity index (χ3n) is 2.18. The molecule has 2 rings (SSSR count). The van der Waals surface area contributed by atoms with Gasteiger partial charge in [-0.15, -0.1) is 11.3 Å². The summed E-state index contributed by atoms with van der Waals surface area (Å²) < 4.78 is 1.25. The van der Waals surface area contributed by atoms with Crippen molar-refractivity contribution >= 4 is 21.6 Å². The van der Waals surface area contributed by atoms with Gasteiger partial charge in [0.1, 0.15) is 0 Å². The van der Waals surface area contributed by atoms with E-state index in [0.29, 0.717) is 0 Å². The highest BCUT2D eigenvalue weighted by molar-refractivity contribution is 7.18. The van der Waals surface area contributed by atoms with Gasteiger partial charge in [0.2, 0.25) is 0 Å². The number of aliphatic hydroxyl groups is 1. The average Bonchev–Trinajstić information content (AvgIpc) is 2.54. The largest absolute Gasteiger partial charge is 0.396 e. The normalized spacial score (nSPS) is 11.0. The maximum absolute atomic E-state index is 8.74. The molecule has 2 nitrogen and oxygen atoms in total. The van der Waals surface area contributed by atoms with Gasteiger partial charge in [0.05, 0.1) is 15.2 Å². The van der Waals surface area contributed by atoms with E-state index >= 15 is 0 Å². The molecule has 1 N–H and O–H groups in total. The van der Waals surface area contributed by atoms with Gasteiger partial charge >= 0.3 is 0 Å². The summed E-state index contributed by atoms with van der Waals surface area (Å²) >= 11 is 1.73. The number of rotatable bonds is 3. The molecule has 74 valence electrons. The summed E-state index contributed by atoms with van der Waals surface area (Å²) in [6.07, 6.45) is 1.78. The van der Waals surface area contributed by atoms with Crippen LogP contribution in [0.25, 0.3) is 10.2 Å². The highest BCUT2D eigenvalue weighted by atomic mass is 32.1. The zero-order chi connectivity index (χ0) is 9.97. The van der Waals surface area contributed by atoms with Crippen molar-refractivity contribution in [1.82, 2.24) is 4.98 Å². The molecule has 0 aliphatic carbocycles. The Morgan fingerprint density at radius 1 is 1.43 bits per heavy atom. The van der Waals surface area contributed by atoms with Gasteiger partial charge in [-0.25, -0.2) is 4.98 Å². The van der Waals surface area contributed by atoms with Crippen LogP contribution in [-0.2, 0) is 6.42 Å². The lowest BCUT2D eigenvalue weighted by atomic mass is 10.1. The zero-order valence-electron chi connectivity index (χ0n) is 8.16. The second-order valence-corrected chi connectivity index (χ2v) is 4.60. The Morgan fingerprint density at radius 3 is 3.07 bits per heavy atom. The molecule has 0 amide bonds. The molecule has 1 aromatic heterocycles. The maximum Gasteiger partial charge on any atom is 0.0907 e. The fraction of sp³-hybridized carbons (Fsp3) is 0.364. The first-order valence-corrected chi connectivity index (χ1v) is 5.58. The molecule has 2 aromatic rings. The van der Waals surface area contributed by atoms with Crippen LogP contribution >= 0.6 is 11.3 Å². The van der Waals surface area contributed by atoms with E-state index in [4.69, 9.17) is 5.11 Å². The maximum atomic E-state index is 8.74. The Morgan fingerprint density at radius 2 is 2.29 bits per heavy atom. The first-order chi connectivity index (χ1) is 6.79. The van der Waals surface area contributed by atoms with Crippen LogP contribution in [0.1, 0.15) is 17.0 Å². The van der Waals surface area contributed by atoms with Gasteiger partial charge in [0, 0.05) is 6.61 Å². The predicted octanol–water partition coefficient (Wildman–Crippen LogP) is 2.53. The summed E-state index contributed by atoms with van der Waals surface area (Å²) in [5.41, 5.74) is 2.37. The quantitative estimate of drug-likeness (QED) is 0.839. The molecule has 0 spiro atoms. The molecule has 3 heteroatoms. The number of fused-ring (bicyclic) bond motifs is 1. The molecule has 0 saturated carbocycles. The van der Waals surface area contributed by atoms with E-state index in [2.05, 4.69) is 23.2 Å². The van der Waals surface area contributed by atoms with Crippen LogP contribution < -0.4 is 0 Å². The SMILES string of the molecule is Cc1nc2ccc(CCCO)cc2s1. The lowest BCUT2D eigenvalue weighted by molar-refractivity contribution is 0.288. The van der Waals surface area contributed by atoms with Crippen LogP contribution in [0.3, 0.4) is 0 Å². The number of hydrogen-bond donors (Lipinski definition) is 1. The van der Waals surface area contributed by atoms with E-state index < -0.39 is 0 Å². The molecular weight excluding hydrogens is 194 g/mol. The van der Waals surface area contributed by atoms with Crippen molar-refractivity contribution in [1.29, 1.82) is 0 Å².